The summed E-state index contributed by atoms with van der Waals surface area (Å²) < 4.78 is 5.81. The van der Waals surface area contributed by atoms with Gasteiger partial charge in [-0.2, -0.15) is 11.8 Å². The van der Waals surface area contributed by atoms with Crippen LogP contribution in [0.5, 0.6) is 0 Å². The topological polar surface area (TPSA) is 40.1 Å². The molecule has 0 aromatic heterocycles. The van der Waals surface area contributed by atoms with Gasteiger partial charge in [0.15, 0.2) is 5.96 Å². The number of nitrogens with one attached hydrogen (secondary N) is 1. The highest BCUT2D eigenvalue weighted by Gasteiger charge is 2.32. The molecule has 1 aromatic carbocycles. The van der Waals surface area contributed by atoms with Gasteiger partial charge in [-0.05, 0) is 57.1 Å². The van der Waals surface area contributed by atoms with E-state index in [9.17, 15) is 0 Å². The van der Waals surface area contributed by atoms with E-state index in [-0.39, 0.29) is 28.7 Å². The number of halogens is 1. The minimum atomic E-state index is 0. The van der Waals surface area contributed by atoms with E-state index in [2.05, 4.69) is 60.3 Å². The third-order valence-electron chi connectivity index (χ3n) is 6.18. The zero-order valence-electron chi connectivity index (χ0n) is 18.4. The van der Waals surface area contributed by atoms with E-state index in [1.165, 1.54) is 16.8 Å². The molecule has 1 aromatic rings. The average molecular weight is 533 g/mol. The molecule has 2 saturated heterocycles. The van der Waals surface area contributed by atoms with E-state index >= 15 is 0 Å². The number of aryl methyl sites for hydroxylation is 1. The quantitative estimate of drug-likeness (QED) is 0.354. The van der Waals surface area contributed by atoms with Crippen LogP contribution in [0.25, 0.3) is 0 Å². The first kappa shape index (κ1) is 24.6. The van der Waals surface area contributed by atoms with Gasteiger partial charge in [0.25, 0.3) is 0 Å². The molecule has 29 heavy (non-hydrogen) atoms. The number of aliphatic imine (C=N–C) groups is 1. The first-order valence-electron chi connectivity index (χ1n) is 10.6. The number of ether oxygens (including phenoxy) is 1. The maximum absolute atomic E-state index is 5.58. The summed E-state index contributed by atoms with van der Waals surface area (Å²) in [6.07, 6.45) is 4.41. The number of hydrogen-bond acceptors (Lipinski definition) is 4. The highest BCUT2D eigenvalue weighted by atomic mass is 127. The van der Waals surface area contributed by atoms with Crippen molar-refractivity contribution in [2.24, 2.45) is 4.99 Å². The van der Waals surface area contributed by atoms with Gasteiger partial charge in [-0.25, -0.2) is 0 Å². The monoisotopic (exact) mass is 532 g/mol. The fourth-order valence-corrected chi connectivity index (χ4v) is 4.82. The predicted molar refractivity (Wildman–Crippen MR) is 137 cm³/mol. The molecule has 1 N–H and O–H groups in total. The summed E-state index contributed by atoms with van der Waals surface area (Å²) >= 11 is 1.96. The Bertz CT molecular complexity index is 671. The van der Waals surface area contributed by atoms with Gasteiger partial charge in [-0.1, -0.05) is 12.1 Å². The summed E-state index contributed by atoms with van der Waals surface area (Å²) in [5.41, 5.74) is 4.15. The Balaban J connectivity index is 0.00000300. The largest absolute Gasteiger partial charge is 0.381 e. The minimum Gasteiger partial charge on any atom is -0.381 e. The van der Waals surface area contributed by atoms with Gasteiger partial charge in [-0.3, -0.25) is 4.99 Å². The normalized spacial score (nSPS) is 19.7. The molecule has 0 radical (unpaired) electrons. The van der Waals surface area contributed by atoms with E-state index in [1.54, 1.807) is 0 Å². The van der Waals surface area contributed by atoms with Crippen LogP contribution < -0.4 is 10.2 Å². The molecule has 0 amide bonds. The summed E-state index contributed by atoms with van der Waals surface area (Å²) in [6, 6.07) is 6.62. The van der Waals surface area contributed by atoms with Gasteiger partial charge in [0.05, 0.1) is 6.54 Å². The number of guanidine groups is 1. The molecule has 3 rings (SSSR count). The van der Waals surface area contributed by atoms with Crippen molar-refractivity contribution in [3.8, 4) is 0 Å². The average Bonchev–Trinajstić information content (AvgIpc) is 2.74. The lowest BCUT2D eigenvalue weighted by Crippen LogP contribution is -2.53. The molecule has 2 aliphatic heterocycles. The molecule has 0 unspecified atom stereocenters. The molecule has 0 bridgehead atoms. The molecular weight excluding hydrogens is 495 g/mol. The smallest absolute Gasteiger partial charge is 0.194 e. The molecular formula is C22H37IN4OS. The predicted octanol–water partition coefficient (Wildman–Crippen LogP) is 3.92. The van der Waals surface area contributed by atoms with Crippen molar-refractivity contribution in [1.82, 2.24) is 10.2 Å². The first-order valence-corrected chi connectivity index (χ1v) is 11.8. The molecule has 7 heteroatoms. The second-order valence-electron chi connectivity index (χ2n) is 7.86. The molecule has 2 aliphatic rings. The van der Waals surface area contributed by atoms with Gasteiger partial charge in [0.1, 0.15) is 0 Å². The second-order valence-corrected chi connectivity index (χ2v) is 9.14. The number of anilines is 1. The van der Waals surface area contributed by atoms with Crippen molar-refractivity contribution in [2.45, 2.75) is 38.4 Å². The van der Waals surface area contributed by atoms with Crippen molar-refractivity contribution in [3.05, 3.63) is 29.3 Å². The van der Waals surface area contributed by atoms with E-state index in [1.807, 2.05) is 11.8 Å². The van der Waals surface area contributed by atoms with Crippen LogP contribution in [0.2, 0.25) is 0 Å². The van der Waals surface area contributed by atoms with E-state index in [0.29, 0.717) is 0 Å². The van der Waals surface area contributed by atoms with Crippen molar-refractivity contribution < 1.29 is 4.74 Å². The van der Waals surface area contributed by atoms with Crippen LogP contribution in [0.3, 0.4) is 0 Å². The first-order chi connectivity index (χ1) is 13.6. The zero-order chi connectivity index (χ0) is 20.0. The highest BCUT2D eigenvalue weighted by Crippen LogP contribution is 2.34. The van der Waals surface area contributed by atoms with Crippen molar-refractivity contribution in [2.75, 3.05) is 63.6 Å². The number of benzene rings is 1. The molecule has 0 atom stereocenters. The van der Waals surface area contributed by atoms with Crippen LogP contribution in [0.1, 0.15) is 30.9 Å². The van der Waals surface area contributed by atoms with Crippen molar-refractivity contribution in [3.63, 3.8) is 0 Å². The molecule has 0 saturated carbocycles. The van der Waals surface area contributed by atoms with Crippen LogP contribution in [-0.2, 0) is 4.74 Å². The maximum atomic E-state index is 5.58. The fraction of sp³-hybridized carbons (Fsp3) is 0.682. The molecule has 164 valence electrons. The Kier molecular flexibility index (Phi) is 9.88. The number of rotatable bonds is 5. The maximum Gasteiger partial charge on any atom is 0.194 e. The Morgan fingerprint density at radius 3 is 2.48 bits per heavy atom. The van der Waals surface area contributed by atoms with Gasteiger partial charge in [0.2, 0.25) is 0 Å². The number of hydrogen-bond donors (Lipinski definition) is 1. The summed E-state index contributed by atoms with van der Waals surface area (Å²) in [4.78, 5) is 10.0. The standard InChI is InChI=1S/C22H36N4OS.HI/c1-5-23-21(24-17-22(28-4)9-15-27-16-10-22)26-13-11-25(12-14-26)20-8-6-7-18(2)19(20)3;/h6-8H,5,9-17H2,1-4H3,(H,23,24);1H. The summed E-state index contributed by atoms with van der Waals surface area (Å²) in [5, 5.41) is 3.53. The Morgan fingerprint density at radius 2 is 1.86 bits per heavy atom. The Morgan fingerprint density at radius 1 is 1.17 bits per heavy atom. The van der Waals surface area contributed by atoms with Crippen LogP contribution in [0.15, 0.2) is 23.2 Å². The highest BCUT2D eigenvalue weighted by molar-refractivity contribution is 14.0. The van der Waals surface area contributed by atoms with E-state index < -0.39 is 0 Å². The molecule has 5 nitrogen and oxygen atoms in total. The SMILES string of the molecule is CCNC(=NCC1(SC)CCOCC1)N1CCN(c2cccc(C)c2C)CC1.I. The summed E-state index contributed by atoms with van der Waals surface area (Å²) in [7, 11) is 0. The van der Waals surface area contributed by atoms with Crippen LogP contribution >= 0.6 is 35.7 Å². The Hall–Kier alpha value is -0.670. The number of piperazine rings is 1. The lowest BCUT2D eigenvalue weighted by Gasteiger charge is -2.39. The van der Waals surface area contributed by atoms with E-state index in [0.717, 1.165) is 71.3 Å². The van der Waals surface area contributed by atoms with E-state index in [4.69, 9.17) is 9.73 Å². The number of nitrogens with zero attached hydrogens (tertiary/aromatic N) is 3. The Labute approximate surface area is 198 Å². The second kappa shape index (κ2) is 11.6. The number of thioether (sulfide) groups is 1. The van der Waals surface area contributed by atoms with Gasteiger partial charge >= 0.3 is 0 Å². The van der Waals surface area contributed by atoms with Crippen LogP contribution in [-0.4, -0.2) is 74.3 Å². The third-order valence-corrected chi connectivity index (χ3v) is 7.59. The fourth-order valence-electron chi connectivity index (χ4n) is 4.05. The minimum absolute atomic E-state index is 0. The summed E-state index contributed by atoms with van der Waals surface area (Å²) in [6.45, 7) is 14.2. The summed E-state index contributed by atoms with van der Waals surface area (Å²) in [5.74, 6) is 1.07. The molecule has 2 fully saturated rings. The van der Waals surface area contributed by atoms with Gasteiger partial charge in [0, 0.05) is 56.4 Å². The van der Waals surface area contributed by atoms with Gasteiger partial charge < -0.3 is 19.9 Å². The molecule has 2 heterocycles. The van der Waals surface area contributed by atoms with Crippen LogP contribution in [0, 0.1) is 13.8 Å². The van der Waals surface area contributed by atoms with Crippen molar-refractivity contribution in [1.29, 1.82) is 0 Å². The zero-order valence-corrected chi connectivity index (χ0v) is 21.5. The lowest BCUT2D eigenvalue weighted by atomic mass is 9.99. The molecule has 0 aliphatic carbocycles. The van der Waals surface area contributed by atoms with Crippen LogP contribution in [0.4, 0.5) is 5.69 Å². The third kappa shape index (κ3) is 6.17. The van der Waals surface area contributed by atoms with Crippen molar-refractivity contribution >= 4 is 47.4 Å². The lowest BCUT2D eigenvalue weighted by molar-refractivity contribution is 0.0793. The van der Waals surface area contributed by atoms with Gasteiger partial charge in [-0.15, -0.1) is 24.0 Å². The molecule has 0 spiro atoms.